The molecule has 0 bridgehead atoms. The monoisotopic (exact) mass is 458 g/mol. The van der Waals surface area contributed by atoms with Gasteiger partial charge in [-0.2, -0.15) is 0 Å². The number of carbonyl (C=O) groups is 2. The van der Waals surface area contributed by atoms with E-state index in [2.05, 4.69) is 6.58 Å². The summed E-state index contributed by atoms with van der Waals surface area (Å²) in [6, 6.07) is 7.77. The zero-order valence-corrected chi connectivity index (χ0v) is 19.0. The second-order valence-electron chi connectivity index (χ2n) is 7.03. The minimum atomic E-state index is -1.88. The summed E-state index contributed by atoms with van der Waals surface area (Å²) in [5.41, 5.74) is -1.49. The third kappa shape index (κ3) is 4.31. The molecule has 0 radical (unpaired) electrons. The summed E-state index contributed by atoms with van der Waals surface area (Å²) in [5, 5.41) is 0. The fourth-order valence-electron chi connectivity index (χ4n) is 3.57. The Bertz CT molecular complexity index is 1050. The maximum Gasteiger partial charge on any atom is 0.328 e. The highest BCUT2D eigenvalue weighted by Gasteiger charge is 2.55. The first-order valence-electron chi connectivity index (χ1n) is 9.98. The van der Waals surface area contributed by atoms with Crippen molar-refractivity contribution >= 4 is 11.8 Å². The molecule has 9 nitrogen and oxygen atoms in total. The highest BCUT2D eigenvalue weighted by molar-refractivity contribution is 6.19. The van der Waals surface area contributed by atoms with Crippen molar-refractivity contribution in [3.63, 3.8) is 0 Å². The van der Waals surface area contributed by atoms with Crippen molar-refractivity contribution in [3.8, 4) is 28.7 Å². The van der Waals surface area contributed by atoms with E-state index in [1.165, 1.54) is 46.6 Å². The van der Waals surface area contributed by atoms with Gasteiger partial charge in [0.15, 0.2) is 29.5 Å². The normalized spacial score (nSPS) is 16.8. The fraction of sp³-hybridized carbons (Fsp3) is 0.333. The van der Waals surface area contributed by atoms with Crippen molar-refractivity contribution in [1.29, 1.82) is 0 Å². The molecule has 33 heavy (non-hydrogen) atoms. The van der Waals surface area contributed by atoms with E-state index in [-0.39, 0.29) is 36.9 Å². The molecule has 2 aromatic carbocycles. The average Bonchev–Trinajstić information content (AvgIpc) is 2.85. The number of benzene rings is 2. The van der Waals surface area contributed by atoms with E-state index in [1.54, 1.807) is 18.2 Å². The Labute approximate surface area is 191 Å². The minimum Gasteiger partial charge on any atom is -0.497 e. The van der Waals surface area contributed by atoms with Gasteiger partial charge in [0, 0.05) is 24.8 Å². The molecule has 0 N–H and O–H groups in total. The lowest BCUT2D eigenvalue weighted by Crippen LogP contribution is -2.52. The van der Waals surface area contributed by atoms with Gasteiger partial charge in [0.2, 0.25) is 0 Å². The van der Waals surface area contributed by atoms with Crippen LogP contribution in [0.2, 0.25) is 0 Å². The maximum atomic E-state index is 13.9. The summed E-state index contributed by atoms with van der Waals surface area (Å²) in [4.78, 5) is 27.4. The summed E-state index contributed by atoms with van der Waals surface area (Å²) >= 11 is 0. The van der Waals surface area contributed by atoms with Crippen LogP contribution in [0.1, 0.15) is 15.9 Å². The number of hydrogen-bond acceptors (Lipinski definition) is 9. The Balaban J connectivity index is 2.26. The van der Waals surface area contributed by atoms with E-state index >= 15 is 0 Å². The molecule has 3 rings (SSSR count). The van der Waals surface area contributed by atoms with Crippen LogP contribution in [0.4, 0.5) is 0 Å². The first-order valence-corrected chi connectivity index (χ1v) is 9.98. The molecule has 0 saturated heterocycles. The van der Waals surface area contributed by atoms with Crippen LogP contribution >= 0.6 is 0 Å². The predicted molar refractivity (Wildman–Crippen MR) is 118 cm³/mol. The molecule has 0 amide bonds. The van der Waals surface area contributed by atoms with Crippen molar-refractivity contribution in [3.05, 3.63) is 54.1 Å². The van der Waals surface area contributed by atoms with Gasteiger partial charge in [-0.1, -0.05) is 12.7 Å². The number of hydrogen-bond donors (Lipinski definition) is 0. The van der Waals surface area contributed by atoms with E-state index in [0.29, 0.717) is 23.0 Å². The lowest BCUT2D eigenvalue weighted by atomic mass is 9.73. The van der Waals surface area contributed by atoms with Crippen molar-refractivity contribution in [1.82, 2.24) is 0 Å². The highest BCUT2D eigenvalue weighted by atomic mass is 16.7. The lowest BCUT2D eigenvalue weighted by molar-refractivity contribution is -0.148. The molecule has 1 aliphatic heterocycles. The summed E-state index contributed by atoms with van der Waals surface area (Å²) in [6.45, 7) is 3.01. The van der Waals surface area contributed by atoms with Crippen LogP contribution in [0.25, 0.3) is 0 Å². The summed E-state index contributed by atoms with van der Waals surface area (Å²) in [5.74, 6) is 0.292. The zero-order chi connectivity index (χ0) is 24.0. The molecule has 0 saturated carbocycles. The molecular weight excluding hydrogens is 432 g/mol. The smallest absolute Gasteiger partial charge is 0.328 e. The van der Waals surface area contributed by atoms with Crippen molar-refractivity contribution in [2.45, 2.75) is 5.41 Å². The van der Waals surface area contributed by atoms with Crippen LogP contribution in [0.3, 0.4) is 0 Å². The van der Waals surface area contributed by atoms with Crippen LogP contribution in [0.15, 0.2) is 43.0 Å². The first-order chi connectivity index (χ1) is 16.0. The molecule has 1 atom stereocenters. The SMILES string of the molecule is C=CCOC(=O)C1(c2cc(OC)c(OC)cc2OCOC)COc2cc(OC)ccc2C1=O. The van der Waals surface area contributed by atoms with Crippen molar-refractivity contribution in [2.24, 2.45) is 0 Å². The van der Waals surface area contributed by atoms with Gasteiger partial charge in [-0.25, -0.2) is 0 Å². The average molecular weight is 458 g/mol. The Morgan fingerprint density at radius 1 is 1.06 bits per heavy atom. The number of esters is 1. The van der Waals surface area contributed by atoms with Gasteiger partial charge in [-0.3, -0.25) is 9.59 Å². The number of rotatable bonds is 10. The second-order valence-corrected chi connectivity index (χ2v) is 7.03. The zero-order valence-electron chi connectivity index (χ0n) is 19.0. The Kier molecular flexibility index (Phi) is 7.44. The number of methoxy groups -OCH3 is 4. The Hall–Kier alpha value is -3.72. The molecular formula is C24H26O9. The molecule has 0 spiro atoms. The topological polar surface area (TPSA) is 98.8 Å². The van der Waals surface area contributed by atoms with E-state index in [1.807, 2.05) is 0 Å². The van der Waals surface area contributed by atoms with Gasteiger partial charge in [0.1, 0.15) is 30.5 Å². The second kappa shape index (κ2) is 10.3. The third-order valence-electron chi connectivity index (χ3n) is 5.22. The molecule has 176 valence electrons. The van der Waals surface area contributed by atoms with Crippen LogP contribution in [0, 0.1) is 0 Å². The molecule has 0 aromatic heterocycles. The van der Waals surface area contributed by atoms with Crippen LogP contribution < -0.4 is 23.7 Å². The standard InChI is InChI=1S/C24H26O9/c1-6-9-31-23(26)24(13-32-18-10-15(28-3)7-8-16(18)22(24)25)17-11-20(29-4)21(30-5)12-19(17)33-14-27-2/h6-8,10-12H,1,9,13-14H2,2-5H3. The fourth-order valence-corrected chi connectivity index (χ4v) is 3.57. The number of ketones is 1. The van der Waals surface area contributed by atoms with E-state index < -0.39 is 17.2 Å². The lowest BCUT2D eigenvalue weighted by Gasteiger charge is -2.35. The molecule has 2 aromatic rings. The molecule has 9 heteroatoms. The quantitative estimate of drug-likeness (QED) is 0.230. The van der Waals surface area contributed by atoms with Crippen LogP contribution in [-0.4, -0.2) is 60.2 Å². The van der Waals surface area contributed by atoms with E-state index in [9.17, 15) is 9.59 Å². The molecule has 1 aliphatic rings. The predicted octanol–water partition coefficient (Wildman–Crippen LogP) is 2.94. The van der Waals surface area contributed by atoms with E-state index in [4.69, 9.17) is 33.2 Å². The third-order valence-corrected chi connectivity index (χ3v) is 5.22. The van der Waals surface area contributed by atoms with E-state index in [0.717, 1.165) is 0 Å². The van der Waals surface area contributed by atoms with Crippen molar-refractivity contribution in [2.75, 3.05) is 48.4 Å². The Morgan fingerprint density at radius 2 is 1.79 bits per heavy atom. The number of Topliss-reactive ketones (excluding diaryl/α,β-unsaturated/α-hetero) is 1. The molecule has 0 fully saturated rings. The maximum absolute atomic E-state index is 13.9. The summed E-state index contributed by atoms with van der Waals surface area (Å²) < 4.78 is 38.0. The van der Waals surface area contributed by atoms with Gasteiger partial charge < -0.3 is 33.2 Å². The molecule has 0 aliphatic carbocycles. The van der Waals surface area contributed by atoms with Gasteiger partial charge in [0.05, 0.1) is 26.9 Å². The largest absolute Gasteiger partial charge is 0.497 e. The highest BCUT2D eigenvalue weighted by Crippen LogP contribution is 2.46. The number of fused-ring (bicyclic) bond motifs is 1. The molecule has 1 unspecified atom stereocenters. The Morgan fingerprint density at radius 3 is 2.42 bits per heavy atom. The van der Waals surface area contributed by atoms with Crippen LogP contribution in [0.5, 0.6) is 28.7 Å². The number of carbonyl (C=O) groups excluding carboxylic acids is 2. The van der Waals surface area contributed by atoms with Gasteiger partial charge >= 0.3 is 5.97 Å². The van der Waals surface area contributed by atoms with Crippen molar-refractivity contribution < 1.29 is 42.7 Å². The minimum absolute atomic E-state index is 0.0924. The van der Waals surface area contributed by atoms with Gasteiger partial charge in [0.25, 0.3) is 0 Å². The number of ether oxygens (including phenoxy) is 7. The first kappa shape index (κ1) is 23.9. The molecule has 1 heterocycles. The summed E-state index contributed by atoms with van der Waals surface area (Å²) in [7, 11) is 5.87. The van der Waals surface area contributed by atoms with Gasteiger partial charge in [-0.15, -0.1) is 0 Å². The van der Waals surface area contributed by atoms with Gasteiger partial charge in [-0.05, 0) is 18.2 Å². The van der Waals surface area contributed by atoms with Crippen LogP contribution in [-0.2, 0) is 19.7 Å². The summed E-state index contributed by atoms with van der Waals surface area (Å²) in [6.07, 6.45) is 1.41.